The van der Waals surface area contributed by atoms with Gasteiger partial charge in [0.2, 0.25) is 11.0 Å². The molecule has 9 heteroatoms. The van der Waals surface area contributed by atoms with Crippen LogP contribution in [0, 0.1) is 10.1 Å². The highest BCUT2D eigenvalue weighted by atomic mass is 32.2. The van der Waals surface area contributed by atoms with Crippen molar-refractivity contribution in [1.29, 1.82) is 0 Å². The van der Waals surface area contributed by atoms with E-state index in [2.05, 4.69) is 10.3 Å². The third kappa shape index (κ3) is 2.03. The van der Waals surface area contributed by atoms with Crippen LogP contribution in [0.4, 0.5) is 5.69 Å². The highest BCUT2D eigenvalue weighted by molar-refractivity contribution is 7.85. The Bertz CT molecular complexity index is 949. The summed E-state index contributed by atoms with van der Waals surface area (Å²) in [4.78, 5) is 9.88. The van der Waals surface area contributed by atoms with E-state index in [4.69, 9.17) is 0 Å². The smallest absolute Gasteiger partial charge is 0.258 e. The summed E-state index contributed by atoms with van der Waals surface area (Å²) in [5.41, 5.74) is 0.277. The fourth-order valence-corrected chi connectivity index (χ4v) is 3.41. The lowest BCUT2D eigenvalue weighted by molar-refractivity contribution is -0.554. The van der Waals surface area contributed by atoms with Gasteiger partial charge in [0.05, 0.1) is 4.92 Å². The molecule has 8 nitrogen and oxygen atoms in total. The number of hydrogen-bond donors (Lipinski definition) is 1. The van der Waals surface area contributed by atoms with Gasteiger partial charge < -0.3 is 0 Å². The maximum Gasteiger partial charge on any atom is 0.359 e. The Morgan fingerprint density at radius 3 is 2.52 bits per heavy atom. The molecule has 0 aliphatic heterocycles. The lowest BCUT2D eigenvalue weighted by Crippen LogP contribution is -2.45. The average Bonchev–Trinajstić information content (AvgIpc) is 2.92. The number of nitrogens with zero attached hydrogens (tertiary/aromatic N) is 3. The summed E-state index contributed by atoms with van der Waals surface area (Å²) in [6.45, 7) is 0. The van der Waals surface area contributed by atoms with Gasteiger partial charge in [-0.2, -0.15) is 8.42 Å². The molecule has 0 bridgehead atoms. The van der Waals surface area contributed by atoms with Crippen LogP contribution in [0.15, 0.2) is 53.4 Å². The molecule has 0 amide bonds. The molecule has 0 radical (unpaired) electrons. The lowest BCUT2D eigenvalue weighted by Gasteiger charge is -2.01. The summed E-state index contributed by atoms with van der Waals surface area (Å²) in [6.07, 6.45) is 0. The van der Waals surface area contributed by atoms with Gasteiger partial charge in [0.15, 0.2) is 4.90 Å². The number of rotatable bonds is 3. The van der Waals surface area contributed by atoms with Crippen LogP contribution >= 0.6 is 0 Å². The summed E-state index contributed by atoms with van der Waals surface area (Å²) in [5, 5.41) is 17.3. The van der Waals surface area contributed by atoms with Gasteiger partial charge in [0.25, 0.3) is 5.69 Å². The molecule has 2 aromatic carbocycles. The van der Waals surface area contributed by atoms with Crippen molar-refractivity contribution < 1.29 is 17.4 Å². The molecule has 0 unspecified atom stereocenters. The Hall–Kier alpha value is -2.81. The molecule has 1 N–H and O–H groups in total. The van der Waals surface area contributed by atoms with E-state index in [0.29, 0.717) is 11.0 Å². The van der Waals surface area contributed by atoms with Crippen molar-refractivity contribution in [3.63, 3.8) is 0 Å². The number of para-hydroxylation sites is 3. The van der Waals surface area contributed by atoms with Crippen LogP contribution in [0.5, 0.6) is 0 Å². The van der Waals surface area contributed by atoms with E-state index in [-0.39, 0.29) is 0 Å². The first-order chi connectivity index (χ1) is 10.0. The fraction of sp³-hybridized carbons (Fsp3) is 0. The molecule has 21 heavy (non-hydrogen) atoms. The Morgan fingerprint density at radius 2 is 1.76 bits per heavy atom. The quantitative estimate of drug-likeness (QED) is 0.441. The van der Waals surface area contributed by atoms with Gasteiger partial charge in [-0.15, -0.1) is 0 Å². The van der Waals surface area contributed by atoms with Crippen LogP contribution in [0.1, 0.15) is 0 Å². The number of aromatic amines is 1. The van der Waals surface area contributed by atoms with Crippen molar-refractivity contribution in [1.82, 2.24) is 10.3 Å². The average molecular weight is 305 g/mol. The number of H-pyrrole nitrogens is 1. The Morgan fingerprint density at radius 1 is 1.10 bits per heavy atom. The van der Waals surface area contributed by atoms with Gasteiger partial charge in [-0.3, -0.25) is 10.1 Å². The lowest BCUT2D eigenvalue weighted by atomic mass is 10.3. The molecular weight excluding hydrogens is 296 g/mol. The molecule has 1 heterocycles. The van der Waals surface area contributed by atoms with Gasteiger partial charge >= 0.3 is 10.0 Å². The summed E-state index contributed by atoms with van der Waals surface area (Å²) >= 11 is 0. The van der Waals surface area contributed by atoms with Gasteiger partial charge in [-0.25, -0.2) is 0 Å². The normalized spacial score (nSPS) is 11.6. The van der Waals surface area contributed by atoms with Crippen molar-refractivity contribution in [2.24, 2.45) is 0 Å². The Balaban J connectivity index is 2.29. The highest BCUT2D eigenvalue weighted by Gasteiger charge is 2.33. The van der Waals surface area contributed by atoms with Crippen LogP contribution in [0.2, 0.25) is 0 Å². The van der Waals surface area contributed by atoms with E-state index in [1.165, 1.54) is 18.2 Å². The topological polar surface area (TPSA) is 110 Å². The largest absolute Gasteiger partial charge is 0.359 e. The molecule has 0 aliphatic carbocycles. The first-order valence-corrected chi connectivity index (χ1v) is 7.30. The van der Waals surface area contributed by atoms with E-state index >= 15 is 0 Å². The zero-order chi connectivity index (χ0) is 15.0. The van der Waals surface area contributed by atoms with E-state index < -0.39 is 25.5 Å². The van der Waals surface area contributed by atoms with Crippen LogP contribution in [0.3, 0.4) is 0 Å². The standard InChI is InChI=1S/C12H8N4O4S/c17-16(18)11-7-3-4-8-12(11)21(19,20)15-10-6-2-1-5-9(10)13-14-15/h1-8H/p+1. The van der Waals surface area contributed by atoms with E-state index in [0.717, 1.165) is 10.2 Å². The predicted octanol–water partition coefficient (Wildman–Crippen LogP) is 0.996. The number of hydrogen-bond acceptors (Lipinski definition) is 5. The fourth-order valence-electron chi connectivity index (χ4n) is 1.99. The minimum atomic E-state index is -4.14. The SMILES string of the molecule is O=[N+]([O-])c1ccccc1S(=O)(=O)[n+]1[nH]nc2ccccc21. The zero-order valence-corrected chi connectivity index (χ0v) is 11.3. The number of fused-ring (bicyclic) bond motifs is 1. The van der Waals surface area contributed by atoms with Crippen molar-refractivity contribution in [3.8, 4) is 0 Å². The Labute approximate surface area is 118 Å². The summed E-state index contributed by atoms with van der Waals surface area (Å²) < 4.78 is 26.1. The van der Waals surface area contributed by atoms with Crippen LogP contribution in [-0.2, 0) is 10.0 Å². The molecule has 0 saturated heterocycles. The van der Waals surface area contributed by atoms with Gasteiger partial charge in [-0.05, 0) is 27.5 Å². The molecule has 0 spiro atoms. The summed E-state index contributed by atoms with van der Waals surface area (Å²) in [5.74, 6) is 0. The van der Waals surface area contributed by atoms with Crippen molar-refractivity contribution in [2.75, 3.05) is 0 Å². The predicted molar refractivity (Wildman–Crippen MR) is 72.0 cm³/mol. The molecule has 1 aromatic heterocycles. The van der Waals surface area contributed by atoms with E-state index in [1.54, 1.807) is 24.3 Å². The molecule has 0 fully saturated rings. The van der Waals surface area contributed by atoms with E-state index in [1.807, 2.05) is 0 Å². The minimum absolute atomic E-state index is 0.315. The van der Waals surface area contributed by atoms with Crippen LogP contribution in [0.25, 0.3) is 11.0 Å². The molecular formula is C12H9N4O4S+. The van der Waals surface area contributed by atoms with Crippen molar-refractivity contribution in [2.45, 2.75) is 4.90 Å². The Kier molecular flexibility index (Phi) is 2.91. The summed E-state index contributed by atoms with van der Waals surface area (Å²) in [7, 11) is -4.14. The number of nitrogens with one attached hydrogen (secondary N) is 1. The molecule has 0 aliphatic rings. The number of aromatic nitrogens is 3. The van der Waals surface area contributed by atoms with Crippen LogP contribution in [-0.4, -0.2) is 23.7 Å². The molecule has 0 atom stereocenters. The van der Waals surface area contributed by atoms with Crippen molar-refractivity contribution in [3.05, 3.63) is 58.6 Å². The van der Waals surface area contributed by atoms with Crippen LogP contribution < -0.4 is 4.09 Å². The number of nitro groups is 1. The first-order valence-electron chi connectivity index (χ1n) is 5.86. The second-order valence-corrected chi connectivity index (χ2v) is 5.95. The second kappa shape index (κ2) is 4.63. The van der Waals surface area contributed by atoms with E-state index in [9.17, 15) is 18.5 Å². The maximum absolute atomic E-state index is 12.6. The first kappa shape index (κ1) is 13.2. The zero-order valence-electron chi connectivity index (χ0n) is 10.5. The molecule has 106 valence electrons. The van der Waals surface area contributed by atoms with Gasteiger partial charge in [0.1, 0.15) is 0 Å². The van der Waals surface area contributed by atoms with Crippen molar-refractivity contribution >= 4 is 26.7 Å². The maximum atomic E-state index is 12.6. The highest BCUT2D eigenvalue weighted by Crippen LogP contribution is 2.23. The molecule has 0 saturated carbocycles. The minimum Gasteiger partial charge on any atom is -0.258 e. The number of benzene rings is 2. The third-order valence-electron chi connectivity index (χ3n) is 2.94. The number of nitro benzene ring substituents is 1. The monoisotopic (exact) mass is 305 g/mol. The molecule has 3 rings (SSSR count). The van der Waals surface area contributed by atoms with Gasteiger partial charge in [0, 0.05) is 11.2 Å². The second-order valence-electron chi connectivity index (χ2n) is 4.19. The third-order valence-corrected chi connectivity index (χ3v) is 4.60. The molecule has 3 aromatic rings. The van der Waals surface area contributed by atoms with Gasteiger partial charge in [-0.1, -0.05) is 24.3 Å². The summed E-state index contributed by atoms with van der Waals surface area (Å²) in [6, 6.07) is 11.7.